The molecule has 7 heteroatoms. The zero-order chi connectivity index (χ0) is 16.4. The van der Waals surface area contributed by atoms with Crippen LogP contribution >= 0.6 is 22.7 Å². The van der Waals surface area contributed by atoms with Crippen molar-refractivity contribution in [3.8, 4) is 9.88 Å². The van der Waals surface area contributed by atoms with Gasteiger partial charge < -0.3 is 9.64 Å². The number of rotatable bonds is 3. The van der Waals surface area contributed by atoms with Crippen molar-refractivity contribution in [2.75, 3.05) is 39.4 Å². The van der Waals surface area contributed by atoms with Gasteiger partial charge in [0.25, 0.3) is 5.91 Å². The minimum Gasteiger partial charge on any atom is -0.381 e. The first-order chi connectivity index (χ1) is 11.8. The molecule has 0 aromatic carbocycles. The molecular weight excluding hydrogens is 342 g/mol. The molecule has 5 nitrogen and oxygen atoms in total. The third kappa shape index (κ3) is 3.39. The number of hydrogen-bond acceptors (Lipinski definition) is 6. The Balaban J connectivity index is 1.36. The van der Waals surface area contributed by atoms with Crippen molar-refractivity contribution in [3.63, 3.8) is 0 Å². The Bertz CT molecular complexity index is 672. The molecule has 0 radical (unpaired) electrons. The molecule has 0 bridgehead atoms. The highest BCUT2D eigenvalue weighted by atomic mass is 32.1. The topological polar surface area (TPSA) is 45.7 Å². The second-order valence-electron chi connectivity index (χ2n) is 6.19. The summed E-state index contributed by atoms with van der Waals surface area (Å²) >= 11 is 3.21. The van der Waals surface area contributed by atoms with E-state index in [-0.39, 0.29) is 5.91 Å². The van der Waals surface area contributed by atoms with Crippen molar-refractivity contribution in [3.05, 3.63) is 28.6 Å². The number of hydrogen-bond donors (Lipinski definition) is 0. The summed E-state index contributed by atoms with van der Waals surface area (Å²) in [4.78, 5) is 22.8. The lowest BCUT2D eigenvalue weighted by Gasteiger charge is -2.40. The zero-order valence-corrected chi connectivity index (χ0v) is 15.2. The van der Waals surface area contributed by atoms with Crippen LogP contribution in [0.5, 0.6) is 0 Å². The van der Waals surface area contributed by atoms with E-state index in [0.29, 0.717) is 11.7 Å². The monoisotopic (exact) mass is 363 g/mol. The fourth-order valence-corrected chi connectivity index (χ4v) is 5.00. The molecule has 0 aliphatic carbocycles. The van der Waals surface area contributed by atoms with Crippen LogP contribution in [0.15, 0.2) is 22.9 Å². The van der Waals surface area contributed by atoms with E-state index >= 15 is 0 Å². The van der Waals surface area contributed by atoms with Crippen LogP contribution < -0.4 is 0 Å². The number of carbonyl (C=O) groups excluding carboxylic acids is 1. The molecule has 0 atom stereocenters. The molecule has 24 heavy (non-hydrogen) atoms. The third-order valence-electron chi connectivity index (χ3n) is 4.76. The lowest BCUT2D eigenvalue weighted by atomic mass is 10.1. The molecule has 4 heterocycles. The number of ether oxygens (including phenoxy) is 1. The Morgan fingerprint density at radius 2 is 1.96 bits per heavy atom. The molecule has 2 fully saturated rings. The highest BCUT2D eigenvalue weighted by Crippen LogP contribution is 2.28. The van der Waals surface area contributed by atoms with Crippen LogP contribution in [0.2, 0.25) is 0 Å². The van der Waals surface area contributed by atoms with Gasteiger partial charge in [-0.1, -0.05) is 6.07 Å². The van der Waals surface area contributed by atoms with E-state index in [2.05, 4.69) is 9.88 Å². The number of carbonyl (C=O) groups is 1. The Hall–Kier alpha value is -1.28. The maximum Gasteiger partial charge on any atom is 0.273 e. The van der Waals surface area contributed by atoms with Gasteiger partial charge in [0.05, 0.1) is 4.88 Å². The molecular formula is C17H21N3O2S2. The predicted molar refractivity (Wildman–Crippen MR) is 96.7 cm³/mol. The van der Waals surface area contributed by atoms with Crippen molar-refractivity contribution in [1.82, 2.24) is 14.8 Å². The third-order valence-corrected chi connectivity index (χ3v) is 6.65. The molecule has 0 spiro atoms. The maximum atomic E-state index is 12.7. The highest BCUT2D eigenvalue weighted by Gasteiger charge is 2.28. The fraction of sp³-hybridized carbons (Fsp3) is 0.529. The molecule has 2 saturated heterocycles. The summed E-state index contributed by atoms with van der Waals surface area (Å²) in [6, 6.07) is 4.68. The second kappa shape index (κ2) is 7.31. The van der Waals surface area contributed by atoms with E-state index in [1.54, 1.807) is 22.7 Å². The molecule has 2 aliphatic rings. The van der Waals surface area contributed by atoms with E-state index in [0.717, 1.165) is 62.1 Å². The van der Waals surface area contributed by atoms with Crippen LogP contribution in [-0.4, -0.2) is 66.1 Å². The first kappa shape index (κ1) is 16.2. The number of amides is 1. The standard InChI is InChI=1S/C17H21N3O2S2/c21-17(14-12-24-16(18-14)15-2-1-11-23-15)20-7-5-19(6-8-20)13-3-9-22-10-4-13/h1-2,11-13H,3-10H2. The molecule has 128 valence electrons. The number of thiophene rings is 1. The summed E-state index contributed by atoms with van der Waals surface area (Å²) in [6.07, 6.45) is 2.23. The molecule has 2 aliphatic heterocycles. The first-order valence-corrected chi connectivity index (χ1v) is 10.2. The Kier molecular flexibility index (Phi) is 4.93. The lowest BCUT2D eigenvalue weighted by Crippen LogP contribution is -2.53. The Morgan fingerprint density at radius 1 is 1.17 bits per heavy atom. The number of nitrogens with zero attached hydrogens (tertiary/aromatic N) is 3. The largest absolute Gasteiger partial charge is 0.381 e. The average molecular weight is 364 g/mol. The Labute approximate surface area is 149 Å². The summed E-state index contributed by atoms with van der Waals surface area (Å²) in [5, 5.41) is 4.87. The number of thiazole rings is 1. The Morgan fingerprint density at radius 3 is 2.67 bits per heavy atom. The van der Waals surface area contributed by atoms with Gasteiger partial charge in [-0.15, -0.1) is 22.7 Å². The van der Waals surface area contributed by atoms with Gasteiger partial charge in [0.15, 0.2) is 0 Å². The molecule has 0 N–H and O–H groups in total. The normalized spacial score (nSPS) is 20.4. The van der Waals surface area contributed by atoms with Gasteiger partial charge in [0, 0.05) is 50.8 Å². The minimum atomic E-state index is 0.0701. The molecule has 0 unspecified atom stereocenters. The summed E-state index contributed by atoms with van der Waals surface area (Å²) in [5.41, 5.74) is 0.586. The quantitative estimate of drug-likeness (QED) is 0.841. The van der Waals surface area contributed by atoms with Crippen LogP contribution in [0.25, 0.3) is 9.88 Å². The first-order valence-electron chi connectivity index (χ1n) is 8.42. The van der Waals surface area contributed by atoms with Crippen LogP contribution in [0.1, 0.15) is 23.3 Å². The van der Waals surface area contributed by atoms with Crippen molar-refractivity contribution < 1.29 is 9.53 Å². The predicted octanol–water partition coefficient (Wildman–Crippen LogP) is 2.81. The van der Waals surface area contributed by atoms with Crippen LogP contribution in [0.4, 0.5) is 0 Å². The van der Waals surface area contributed by atoms with E-state index in [9.17, 15) is 4.79 Å². The van der Waals surface area contributed by atoms with Crippen LogP contribution in [-0.2, 0) is 4.74 Å². The van der Waals surface area contributed by atoms with Crippen molar-refractivity contribution in [2.24, 2.45) is 0 Å². The van der Waals surface area contributed by atoms with Crippen LogP contribution in [0.3, 0.4) is 0 Å². The summed E-state index contributed by atoms with van der Waals surface area (Å²) in [6.45, 7) is 5.24. The van der Waals surface area contributed by atoms with Gasteiger partial charge >= 0.3 is 0 Å². The summed E-state index contributed by atoms with van der Waals surface area (Å²) in [5.74, 6) is 0.0701. The highest BCUT2D eigenvalue weighted by molar-refractivity contribution is 7.20. The smallest absolute Gasteiger partial charge is 0.273 e. The minimum absolute atomic E-state index is 0.0701. The van der Waals surface area contributed by atoms with Gasteiger partial charge in [0.1, 0.15) is 10.7 Å². The lowest BCUT2D eigenvalue weighted by molar-refractivity contribution is 0.0136. The van der Waals surface area contributed by atoms with E-state index in [1.165, 1.54) is 0 Å². The van der Waals surface area contributed by atoms with Crippen LogP contribution in [0, 0.1) is 0 Å². The average Bonchev–Trinajstić information content (AvgIpc) is 3.33. The maximum absolute atomic E-state index is 12.7. The second-order valence-corrected chi connectivity index (χ2v) is 7.99. The van der Waals surface area contributed by atoms with E-state index in [4.69, 9.17) is 4.74 Å². The van der Waals surface area contributed by atoms with Gasteiger partial charge in [-0.3, -0.25) is 9.69 Å². The zero-order valence-electron chi connectivity index (χ0n) is 13.5. The van der Waals surface area contributed by atoms with Gasteiger partial charge in [-0.2, -0.15) is 0 Å². The number of piperazine rings is 1. The van der Waals surface area contributed by atoms with E-state index < -0.39 is 0 Å². The molecule has 1 amide bonds. The van der Waals surface area contributed by atoms with E-state index in [1.807, 2.05) is 27.8 Å². The van der Waals surface area contributed by atoms with Gasteiger partial charge in [0.2, 0.25) is 0 Å². The fourth-order valence-electron chi connectivity index (χ4n) is 3.39. The van der Waals surface area contributed by atoms with Crippen molar-refractivity contribution in [1.29, 1.82) is 0 Å². The molecule has 2 aromatic heterocycles. The van der Waals surface area contributed by atoms with Crippen molar-refractivity contribution >= 4 is 28.6 Å². The van der Waals surface area contributed by atoms with Gasteiger partial charge in [-0.05, 0) is 24.3 Å². The summed E-state index contributed by atoms with van der Waals surface area (Å²) in [7, 11) is 0. The molecule has 4 rings (SSSR count). The molecule has 0 saturated carbocycles. The summed E-state index contributed by atoms with van der Waals surface area (Å²) < 4.78 is 5.44. The van der Waals surface area contributed by atoms with Crippen molar-refractivity contribution in [2.45, 2.75) is 18.9 Å². The SMILES string of the molecule is O=C(c1csc(-c2cccs2)n1)N1CCN(C2CCOCC2)CC1. The van der Waals surface area contributed by atoms with Gasteiger partial charge in [-0.25, -0.2) is 4.98 Å². The molecule has 2 aromatic rings. The number of aromatic nitrogens is 1.